The monoisotopic (exact) mass is 433 g/mol. The molecule has 7 heteroatoms. The maximum atomic E-state index is 6.15. The Morgan fingerprint density at radius 2 is 1.90 bits per heavy atom. The number of nitrogens with one attached hydrogen (secondary N) is 1. The minimum atomic E-state index is -0.0154. The van der Waals surface area contributed by atoms with Crippen LogP contribution in [0.2, 0.25) is 0 Å². The Balaban J connectivity index is 1.43. The Labute approximate surface area is 187 Å². The van der Waals surface area contributed by atoms with E-state index < -0.39 is 0 Å². The lowest BCUT2D eigenvalue weighted by Gasteiger charge is -2.35. The lowest BCUT2D eigenvalue weighted by molar-refractivity contribution is -0.0721. The van der Waals surface area contributed by atoms with Crippen LogP contribution >= 0.6 is 0 Å². The predicted molar refractivity (Wildman–Crippen MR) is 123 cm³/mol. The molecule has 0 spiro atoms. The topological polar surface area (TPSA) is 64.6 Å². The number of guanidine groups is 1. The van der Waals surface area contributed by atoms with E-state index in [1.807, 2.05) is 31.2 Å². The molecule has 1 aromatic rings. The van der Waals surface area contributed by atoms with Gasteiger partial charge >= 0.3 is 0 Å². The first-order valence-electron chi connectivity index (χ1n) is 11.7. The van der Waals surface area contributed by atoms with Gasteiger partial charge in [0.2, 0.25) is 0 Å². The van der Waals surface area contributed by atoms with Crippen LogP contribution in [0.1, 0.15) is 46.0 Å². The molecule has 2 aliphatic heterocycles. The van der Waals surface area contributed by atoms with Crippen molar-refractivity contribution in [3.8, 4) is 11.5 Å². The van der Waals surface area contributed by atoms with Gasteiger partial charge in [-0.2, -0.15) is 0 Å². The molecule has 0 saturated carbocycles. The highest BCUT2D eigenvalue weighted by Gasteiger charge is 2.24. The molecule has 2 fully saturated rings. The van der Waals surface area contributed by atoms with Crippen molar-refractivity contribution in [3.63, 3.8) is 0 Å². The molecule has 1 N–H and O–H groups in total. The average molecular weight is 434 g/mol. The molecule has 2 atom stereocenters. The van der Waals surface area contributed by atoms with Crippen molar-refractivity contribution in [3.05, 3.63) is 24.3 Å². The van der Waals surface area contributed by atoms with E-state index in [1.54, 1.807) is 7.11 Å². The van der Waals surface area contributed by atoms with E-state index in [9.17, 15) is 0 Å². The fraction of sp³-hybridized carbons (Fsp3) is 0.708. The second kappa shape index (κ2) is 12.8. The summed E-state index contributed by atoms with van der Waals surface area (Å²) >= 11 is 0. The van der Waals surface area contributed by atoms with Crippen LogP contribution in [-0.2, 0) is 9.47 Å². The van der Waals surface area contributed by atoms with Crippen LogP contribution in [0.25, 0.3) is 0 Å². The zero-order valence-corrected chi connectivity index (χ0v) is 19.3. The number of rotatable bonds is 9. The fourth-order valence-corrected chi connectivity index (χ4v) is 3.98. The minimum absolute atomic E-state index is 0.0154. The molecule has 0 aromatic heterocycles. The summed E-state index contributed by atoms with van der Waals surface area (Å²) in [5, 5.41) is 3.43. The van der Waals surface area contributed by atoms with Gasteiger partial charge in [-0.05, 0) is 70.2 Å². The standard InChI is InChI=1S/C24H39N3O4/c1-4-25-24(26-17-19(2)31-22-10-8-20(28-3)9-11-22)27-14-12-21(13-15-27)30-18-23-7-5-6-16-29-23/h8-11,19,21,23H,4-7,12-18H2,1-3H3,(H,25,26). The summed E-state index contributed by atoms with van der Waals surface area (Å²) in [6.07, 6.45) is 6.22. The van der Waals surface area contributed by atoms with Crippen LogP contribution < -0.4 is 14.8 Å². The lowest BCUT2D eigenvalue weighted by Crippen LogP contribution is -2.47. The first-order chi connectivity index (χ1) is 15.2. The van der Waals surface area contributed by atoms with E-state index in [0.29, 0.717) is 12.6 Å². The third-order valence-corrected chi connectivity index (χ3v) is 5.76. The molecule has 2 unspecified atom stereocenters. The van der Waals surface area contributed by atoms with Gasteiger partial charge in [0.1, 0.15) is 17.6 Å². The maximum absolute atomic E-state index is 6.15. The Bertz CT molecular complexity index is 653. The summed E-state index contributed by atoms with van der Waals surface area (Å²) in [7, 11) is 1.66. The van der Waals surface area contributed by atoms with E-state index in [2.05, 4.69) is 17.1 Å². The van der Waals surface area contributed by atoms with Crippen LogP contribution in [0.5, 0.6) is 11.5 Å². The number of ether oxygens (including phenoxy) is 4. The van der Waals surface area contributed by atoms with Crippen LogP contribution in [-0.4, -0.2) is 75.7 Å². The number of likely N-dealkylation sites (tertiary alicyclic amines) is 1. The van der Waals surface area contributed by atoms with Crippen molar-refractivity contribution in [1.29, 1.82) is 0 Å². The first kappa shape index (κ1) is 23.7. The van der Waals surface area contributed by atoms with Crippen molar-refractivity contribution in [2.45, 2.75) is 64.3 Å². The van der Waals surface area contributed by atoms with E-state index >= 15 is 0 Å². The molecule has 0 bridgehead atoms. The van der Waals surface area contributed by atoms with Gasteiger partial charge in [-0.3, -0.25) is 0 Å². The van der Waals surface area contributed by atoms with Crippen molar-refractivity contribution in [2.75, 3.05) is 46.5 Å². The maximum Gasteiger partial charge on any atom is 0.194 e. The van der Waals surface area contributed by atoms with E-state index in [0.717, 1.165) is 69.6 Å². The lowest BCUT2D eigenvalue weighted by atomic mass is 10.1. The van der Waals surface area contributed by atoms with Crippen molar-refractivity contribution < 1.29 is 18.9 Å². The molecule has 0 amide bonds. The largest absolute Gasteiger partial charge is 0.497 e. The summed E-state index contributed by atoms with van der Waals surface area (Å²) in [6.45, 7) is 9.13. The first-order valence-corrected chi connectivity index (χ1v) is 11.7. The highest BCUT2D eigenvalue weighted by atomic mass is 16.5. The number of hydrogen-bond donors (Lipinski definition) is 1. The molecule has 1 aromatic carbocycles. The number of piperidine rings is 1. The Hall–Kier alpha value is -1.99. The zero-order chi connectivity index (χ0) is 21.9. The molecule has 2 heterocycles. The second-order valence-electron chi connectivity index (χ2n) is 8.31. The van der Waals surface area contributed by atoms with E-state index in [1.165, 1.54) is 12.8 Å². The number of aliphatic imine (C=N–C) groups is 1. The molecule has 3 rings (SSSR count). The molecule has 2 saturated heterocycles. The zero-order valence-electron chi connectivity index (χ0n) is 19.3. The Morgan fingerprint density at radius 3 is 2.55 bits per heavy atom. The Kier molecular flexibility index (Phi) is 9.75. The van der Waals surface area contributed by atoms with Crippen LogP contribution in [0.3, 0.4) is 0 Å². The Morgan fingerprint density at radius 1 is 1.16 bits per heavy atom. The summed E-state index contributed by atoms with van der Waals surface area (Å²) in [5.74, 6) is 2.61. The van der Waals surface area contributed by atoms with Gasteiger partial charge in [0, 0.05) is 26.2 Å². The SMILES string of the molecule is CCNC(=NCC(C)Oc1ccc(OC)cc1)N1CCC(OCC2CCCCO2)CC1. The van der Waals surface area contributed by atoms with Gasteiger partial charge < -0.3 is 29.2 Å². The average Bonchev–Trinajstić information content (AvgIpc) is 2.82. The molecular formula is C24H39N3O4. The number of hydrogen-bond acceptors (Lipinski definition) is 5. The van der Waals surface area contributed by atoms with Gasteiger partial charge in [-0.1, -0.05) is 0 Å². The van der Waals surface area contributed by atoms with Crippen molar-refractivity contribution in [1.82, 2.24) is 10.2 Å². The van der Waals surface area contributed by atoms with Gasteiger partial charge in [0.15, 0.2) is 5.96 Å². The highest BCUT2D eigenvalue weighted by Crippen LogP contribution is 2.19. The fourth-order valence-electron chi connectivity index (χ4n) is 3.98. The highest BCUT2D eigenvalue weighted by molar-refractivity contribution is 5.80. The van der Waals surface area contributed by atoms with Gasteiger partial charge in [-0.25, -0.2) is 4.99 Å². The van der Waals surface area contributed by atoms with Crippen molar-refractivity contribution >= 4 is 5.96 Å². The summed E-state index contributed by atoms with van der Waals surface area (Å²) in [5.41, 5.74) is 0. The third kappa shape index (κ3) is 7.89. The summed E-state index contributed by atoms with van der Waals surface area (Å²) < 4.78 is 23.1. The molecular weight excluding hydrogens is 394 g/mol. The minimum Gasteiger partial charge on any atom is -0.497 e. The molecule has 0 aliphatic carbocycles. The molecule has 7 nitrogen and oxygen atoms in total. The summed E-state index contributed by atoms with van der Waals surface area (Å²) in [4.78, 5) is 7.17. The normalized spacial score (nSPS) is 21.6. The van der Waals surface area contributed by atoms with Gasteiger partial charge in [0.05, 0.1) is 32.5 Å². The molecule has 0 radical (unpaired) electrons. The smallest absolute Gasteiger partial charge is 0.194 e. The number of benzene rings is 1. The van der Waals surface area contributed by atoms with Gasteiger partial charge in [0.25, 0.3) is 0 Å². The van der Waals surface area contributed by atoms with E-state index in [4.69, 9.17) is 23.9 Å². The molecule has 174 valence electrons. The van der Waals surface area contributed by atoms with Crippen LogP contribution in [0, 0.1) is 0 Å². The number of methoxy groups -OCH3 is 1. The molecule has 31 heavy (non-hydrogen) atoms. The van der Waals surface area contributed by atoms with Crippen LogP contribution in [0.4, 0.5) is 0 Å². The molecule has 2 aliphatic rings. The summed E-state index contributed by atoms with van der Waals surface area (Å²) in [6, 6.07) is 7.66. The predicted octanol–water partition coefficient (Wildman–Crippen LogP) is 3.48. The van der Waals surface area contributed by atoms with E-state index in [-0.39, 0.29) is 12.2 Å². The third-order valence-electron chi connectivity index (χ3n) is 5.76. The van der Waals surface area contributed by atoms with Crippen LogP contribution in [0.15, 0.2) is 29.3 Å². The van der Waals surface area contributed by atoms with Crippen molar-refractivity contribution in [2.24, 2.45) is 4.99 Å². The quantitative estimate of drug-likeness (QED) is 0.475. The second-order valence-corrected chi connectivity index (χ2v) is 8.31. The van der Waals surface area contributed by atoms with Gasteiger partial charge in [-0.15, -0.1) is 0 Å². The number of nitrogens with zero attached hydrogens (tertiary/aromatic N) is 2.